The summed E-state index contributed by atoms with van der Waals surface area (Å²) >= 11 is 5.38. The Morgan fingerprint density at radius 2 is 1.67 bits per heavy atom. The second-order valence-electron chi connectivity index (χ2n) is 13.6. The van der Waals surface area contributed by atoms with E-state index in [-0.39, 0.29) is 25.7 Å². The zero-order valence-corrected chi connectivity index (χ0v) is 32.8. The van der Waals surface area contributed by atoms with Crippen LogP contribution in [0.5, 0.6) is 0 Å². The molecule has 1 aromatic carbocycles. The standard InChI is InChI=1S/C35H57BN3O13PS/c1-23(41)39-29-27(19-25(20-40)30(42)31(29)43)48-18-12-11-17-38-34(54)37-16-10-5-3-4-9-15-26-32(52-53(45,46)47-2)28(51-33(26)36)22-50-35(44)49-21-24-13-7-6-8-14-24/h6-8,13-14,25-33,40,42-43H,3-5,9-12,15-22H2,1-2H3,(H,39,41)(H,45,46)(H2,37,38,54)/t25-,26+,27-,28-,29+,30+,31-,32?,33-/m1/s1. The molecule has 1 aliphatic heterocycles. The van der Waals surface area contributed by atoms with Crippen molar-refractivity contribution in [2.45, 2.75) is 114 Å². The number of phosphoric acid groups is 1. The fraction of sp³-hybridized carbons (Fsp3) is 0.743. The van der Waals surface area contributed by atoms with E-state index in [2.05, 4.69) is 20.5 Å². The molecule has 7 N–H and O–H groups in total. The lowest BCUT2D eigenvalue weighted by atomic mass is 9.79. The summed E-state index contributed by atoms with van der Waals surface area (Å²) in [5.41, 5.74) is 0.792. The van der Waals surface area contributed by atoms with Gasteiger partial charge in [-0.05, 0) is 49.9 Å². The van der Waals surface area contributed by atoms with E-state index in [1.165, 1.54) is 6.92 Å². The van der Waals surface area contributed by atoms with Crippen LogP contribution in [0.1, 0.15) is 70.3 Å². The Labute approximate surface area is 324 Å². The maximum absolute atomic E-state index is 12.3. The molecular weight excluding hydrogens is 744 g/mol. The Hall–Kier alpha value is -2.38. The highest BCUT2D eigenvalue weighted by Gasteiger charge is 2.47. The second-order valence-corrected chi connectivity index (χ2v) is 15.5. The summed E-state index contributed by atoms with van der Waals surface area (Å²) in [6.07, 6.45) is 1.19. The highest BCUT2D eigenvalue weighted by Crippen LogP contribution is 2.48. The molecule has 1 heterocycles. The summed E-state index contributed by atoms with van der Waals surface area (Å²) < 4.78 is 44.4. The Morgan fingerprint density at radius 1 is 1.00 bits per heavy atom. The van der Waals surface area contributed by atoms with Crippen LogP contribution in [-0.4, -0.2) is 128 Å². The number of benzene rings is 1. The van der Waals surface area contributed by atoms with E-state index < -0.39 is 68.4 Å². The lowest BCUT2D eigenvalue weighted by Gasteiger charge is -2.42. The van der Waals surface area contributed by atoms with Gasteiger partial charge >= 0.3 is 14.0 Å². The molecule has 2 unspecified atom stereocenters. The van der Waals surface area contributed by atoms with E-state index in [1.54, 1.807) is 0 Å². The molecule has 1 aromatic rings. The molecule has 1 saturated heterocycles. The van der Waals surface area contributed by atoms with Crippen LogP contribution in [0.25, 0.3) is 0 Å². The zero-order chi connectivity index (χ0) is 39.5. The van der Waals surface area contributed by atoms with Gasteiger partial charge in [-0.15, -0.1) is 0 Å². The summed E-state index contributed by atoms with van der Waals surface area (Å²) in [4.78, 5) is 33.8. The van der Waals surface area contributed by atoms with Crippen LogP contribution in [0.3, 0.4) is 0 Å². The largest absolute Gasteiger partial charge is 0.508 e. The van der Waals surface area contributed by atoms with E-state index >= 15 is 0 Å². The van der Waals surface area contributed by atoms with E-state index in [0.29, 0.717) is 44.1 Å². The van der Waals surface area contributed by atoms with E-state index in [0.717, 1.165) is 51.2 Å². The molecule has 16 nitrogen and oxygen atoms in total. The quantitative estimate of drug-likeness (QED) is 0.0277. The van der Waals surface area contributed by atoms with Crippen LogP contribution in [-0.2, 0) is 44.0 Å². The fourth-order valence-electron chi connectivity index (χ4n) is 6.58. The molecule has 1 aliphatic carbocycles. The number of unbranched alkanes of at least 4 members (excludes halogenated alkanes) is 5. The van der Waals surface area contributed by atoms with Gasteiger partial charge in [0, 0.05) is 58.2 Å². The third-order valence-electron chi connectivity index (χ3n) is 9.52. The maximum atomic E-state index is 12.3. The molecule has 0 aromatic heterocycles. The molecule has 3 rings (SSSR count). The van der Waals surface area contributed by atoms with Crippen molar-refractivity contribution >= 4 is 45.1 Å². The number of phosphoric ester groups is 1. The highest BCUT2D eigenvalue weighted by atomic mass is 32.1. The summed E-state index contributed by atoms with van der Waals surface area (Å²) in [6.45, 7) is 2.52. The molecule has 1 saturated carbocycles. The second kappa shape index (κ2) is 24.3. The normalized spacial score (nSPS) is 27.8. The van der Waals surface area contributed by atoms with Gasteiger partial charge in [-0.25, -0.2) is 9.36 Å². The topological polar surface area (TPSA) is 224 Å². The number of aliphatic hydroxyl groups is 3. The van der Waals surface area contributed by atoms with Gasteiger partial charge in [-0.2, -0.15) is 0 Å². The molecule has 2 radical (unpaired) electrons. The average Bonchev–Trinajstić information content (AvgIpc) is 3.43. The number of hydrogen-bond acceptors (Lipinski definition) is 13. The molecule has 10 atom stereocenters. The van der Waals surface area contributed by atoms with Crippen molar-refractivity contribution in [3.63, 3.8) is 0 Å². The zero-order valence-electron chi connectivity index (χ0n) is 31.1. The van der Waals surface area contributed by atoms with Crippen molar-refractivity contribution in [1.82, 2.24) is 16.0 Å². The number of aliphatic hydroxyl groups excluding tert-OH is 3. The van der Waals surface area contributed by atoms with Crippen LogP contribution in [0.4, 0.5) is 4.79 Å². The van der Waals surface area contributed by atoms with Gasteiger partial charge < -0.3 is 55.1 Å². The Morgan fingerprint density at radius 3 is 2.33 bits per heavy atom. The van der Waals surface area contributed by atoms with Gasteiger partial charge in [0.15, 0.2) is 5.11 Å². The molecule has 0 bridgehead atoms. The molecule has 19 heteroatoms. The number of carbonyl (C=O) groups excluding carboxylic acids is 2. The Kier molecular flexibility index (Phi) is 20.7. The first-order valence-corrected chi connectivity index (χ1v) is 20.4. The van der Waals surface area contributed by atoms with Gasteiger partial charge in [0.05, 0.1) is 18.2 Å². The van der Waals surface area contributed by atoms with Crippen LogP contribution < -0.4 is 16.0 Å². The van der Waals surface area contributed by atoms with Crippen LogP contribution >= 0.6 is 20.0 Å². The predicted octanol–water partition coefficient (Wildman–Crippen LogP) is 2.19. The van der Waals surface area contributed by atoms with Crippen molar-refractivity contribution in [2.24, 2.45) is 11.8 Å². The minimum atomic E-state index is -4.39. The monoisotopic (exact) mass is 801 g/mol. The van der Waals surface area contributed by atoms with Crippen molar-refractivity contribution in [3.8, 4) is 0 Å². The Bertz CT molecular complexity index is 1320. The number of amides is 1. The van der Waals surface area contributed by atoms with Crippen LogP contribution in [0.2, 0.25) is 0 Å². The minimum absolute atomic E-state index is 0.0284. The first kappa shape index (κ1) is 46.0. The first-order valence-electron chi connectivity index (χ1n) is 18.5. The molecule has 54 heavy (non-hydrogen) atoms. The maximum Gasteiger partial charge on any atom is 0.508 e. The van der Waals surface area contributed by atoms with Crippen LogP contribution in [0, 0.1) is 11.8 Å². The highest BCUT2D eigenvalue weighted by molar-refractivity contribution is 7.80. The fourth-order valence-corrected chi connectivity index (χ4v) is 7.47. The summed E-state index contributed by atoms with van der Waals surface area (Å²) in [5.74, 6) is -1.30. The molecule has 2 fully saturated rings. The summed E-state index contributed by atoms with van der Waals surface area (Å²) in [7, 11) is 2.92. The lowest BCUT2D eigenvalue weighted by molar-refractivity contribution is -0.142. The third kappa shape index (κ3) is 16.0. The summed E-state index contributed by atoms with van der Waals surface area (Å²) in [6, 6.07) is 7.56. The number of thiocarbonyl (C=S) groups is 1. The average molecular weight is 802 g/mol. The van der Waals surface area contributed by atoms with Gasteiger partial charge in [0.1, 0.15) is 39.4 Å². The first-order chi connectivity index (χ1) is 25.8. The lowest BCUT2D eigenvalue weighted by Crippen LogP contribution is -2.61. The van der Waals surface area contributed by atoms with Crippen molar-refractivity contribution < 1.29 is 62.4 Å². The van der Waals surface area contributed by atoms with Crippen LogP contribution in [0.15, 0.2) is 30.3 Å². The number of carbonyl (C=O) groups is 2. The molecule has 0 spiro atoms. The molecule has 2 aliphatic rings. The molecule has 1 amide bonds. The third-order valence-corrected chi connectivity index (χ3v) is 10.8. The van der Waals surface area contributed by atoms with E-state index in [1.807, 2.05) is 30.3 Å². The number of rotatable bonds is 23. The minimum Gasteiger partial charge on any atom is -0.431 e. The van der Waals surface area contributed by atoms with Gasteiger partial charge in [0.2, 0.25) is 5.91 Å². The van der Waals surface area contributed by atoms with Crippen molar-refractivity contribution in [2.75, 3.05) is 40.0 Å². The van der Waals surface area contributed by atoms with Gasteiger partial charge in [-0.3, -0.25) is 13.8 Å². The smallest absolute Gasteiger partial charge is 0.431 e. The van der Waals surface area contributed by atoms with E-state index in [4.69, 9.17) is 43.5 Å². The Balaban J connectivity index is 1.26. The summed E-state index contributed by atoms with van der Waals surface area (Å²) in [5, 5.41) is 39.8. The molecular formula is C35H57BN3O13PS. The number of nitrogens with one attached hydrogen (secondary N) is 3. The van der Waals surface area contributed by atoms with Crippen molar-refractivity contribution in [3.05, 3.63) is 35.9 Å². The van der Waals surface area contributed by atoms with Gasteiger partial charge in [0.25, 0.3) is 0 Å². The number of ether oxygens (including phenoxy) is 4. The van der Waals surface area contributed by atoms with Crippen molar-refractivity contribution in [1.29, 1.82) is 0 Å². The van der Waals surface area contributed by atoms with E-state index in [9.17, 15) is 34.4 Å². The van der Waals surface area contributed by atoms with Gasteiger partial charge in [-0.1, -0.05) is 56.0 Å². The number of hydrogen-bond donors (Lipinski definition) is 7. The predicted molar refractivity (Wildman–Crippen MR) is 202 cm³/mol. The molecule has 304 valence electrons. The SMILES string of the molecule is [B][C@@H]1O[C@H](COC(=O)OCc2ccccc2)C(OP(=O)(O)OC)[C@@H]1CCCCCCCNC(=S)NCCCCO[C@@H]1C[C@H](CO)[C@H](O)[C@H](O)[C@H]1NC(C)=O.